The summed E-state index contributed by atoms with van der Waals surface area (Å²) < 4.78 is 0. The van der Waals surface area contributed by atoms with Crippen LogP contribution in [-0.2, 0) is 6.54 Å². The molecule has 2 amide bonds. The molecule has 0 unspecified atom stereocenters. The number of hydrogen-bond acceptors (Lipinski definition) is 2. The molecule has 2 rings (SSSR count). The molecule has 4 heteroatoms. The van der Waals surface area contributed by atoms with E-state index in [4.69, 9.17) is 5.73 Å². The van der Waals surface area contributed by atoms with Crippen molar-refractivity contribution in [3.05, 3.63) is 29.8 Å². The standard InChI is InChI=1S/C12H17N3O/c13-12(16)14-9-10-3-5-11(6-4-10)15-7-1-2-8-15/h3-6H,1-2,7-9H2,(H3,13,14,16). The first-order chi connectivity index (χ1) is 7.75. The van der Waals surface area contributed by atoms with Gasteiger partial charge in [0.25, 0.3) is 0 Å². The molecule has 4 nitrogen and oxygen atoms in total. The van der Waals surface area contributed by atoms with Gasteiger partial charge >= 0.3 is 6.03 Å². The van der Waals surface area contributed by atoms with Crippen molar-refractivity contribution >= 4 is 11.7 Å². The second kappa shape index (κ2) is 4.88. The molecule has 1 saturated heterocycles. The summed E-state index contributed by atoms with van der Waals surface area (Å²) >= 11 is 0. The average Bonchev–Trinajstić information content (AvgIpc) is 2.80. The molecule has 1 aromatic rings. The summed E-state index contributed by atoms with van der Waals surface area (Å²) in [7, 11) is 0. The SMILES string of the molecule is NC(=O)NCc1ccc(N2CCCC2)cc1. The van der Waals surface area contributed by atoms with E-state index in [-0.39, 0.29) is 0 Å². The number of carbonyl (C=O) groups is 1. The van der Waals surface area contributed by atoms with E-state index in [0.717, 1.165) is 18.7 Å². The van der Waals surface area contributed by atoms with Gasteiger partial charge in [-0.3, -0.25) is 0 Å². The Morgan fingerprint density at radius 1 is 1.25 bits per heavy atom. The maximum absolute atomic E-state index is 10.6. The molecule has 0 atom stereocenters. The average molecular weight is 219 g/mol. The largest absolute Gasteiger partial charge is 0.372 e. The third-order valence-corrected chi connectivity index (χ3v) is 2.87. The van der Waals surface area contributed by atoms with E-state index < -0.39 is 6.03 Å². The highest BCUT2D eigenvalue weighted by Gasteiger charge is 2.11. The molecular weight excluding hydrogens is 202 g/mol. The second-order valence-electron chi connectivity index (χ2n) is 4.08. The Morgan fingerprint density at radius 2 is 1.88 bits per heavy atom. The van der Waals surface area contributed by atoms with Gasteiger partial charge in [-0.25, -0.2) is 4.79 Å². The van der Waals surface area contributed by atoms with Crippen LogP contribution in [0, 0.1) is 0 Å². The van der Waals surface area contributed by atoms with Gasteiger partial charge in [0.15, 0.2) is 0 Å². The van der Waals surface area contributed by atoms with E-state index in [0.29, 0.717) is 6.54 Å². The smallest absolute Gasteiger partial charge is 0.312 e. The summed E-state index contributed by atoms with van der Waals surface area (Å²) in [6.07, 6.45) is 2.57. The van der Waals surface area contributed by atoms with Crippen LogP contribution in [-0.4, -0.2) is 19.1 Å². The highest BCUT2D eigenvalue weighted by atomic mass is 16.2. The molecular formula is C12H17N3O. The summed E-state index contributed by atoms with van der Waals surface area (Å²) in [4.78, 5) is 12.9. The minimum Gasteiger partial charge on any atom is -0.372 e. The minimum atomic E-state index is -0.483. The van der Waals surface area contributed by atoms with Crippen LogP contribution in [0.4, 0.5) is 10.5 Å². The van der Waals surface area contributed by atoms with E-state index >= 15 is 0 Å². The molecule has 1 heterocycles. The van der Waals surface area contributed by atoms with Crippen LogP contribution in [0.2, 0.25) is 0 Å². The maximum atomic E-state index is 10.6. The van der Waals surface area contributed by atoms with Gasteiger partial charge in [0.2, 0.25) is 0 Å². The van der Waals surface area contributed by atoms with Crippen molar-refractivity contribution in [2.45, 2.75) is 19.4 Å². The number of carbonyl (C=O) groups excluding carboxylic acids is 1. The Labute approximate surface area is 95.4 Å². The van der Waals surface area contributed by atoms with Gasteiger partial charge in [-0.2, -0.15) is 0 Å². The number of primary amides is 1. The summed E-state index contributed by atoms with van der Waals surface area (Å²) in [5, 5.41) is 2.58. The number of rotatable bonds is 3. The van der Waals surface area contributed by atoms with Crippen LogP contribution in [0.25, 0.3) is 0 Å². The summed E-state index contributed by atoms with van der Waals surface area (Å²) in [5.74, 6) is 0. The lowest BCUT2D eigenvalue weighted by atomic mass is 10.2. The molecule has 86 valence electrons. The fourth-order valence-corrected chi connectivity index (χ4v) is 1.99. The lowest BCUT2D eigenvalue weighted by Crippen LogP contribution is -2.28. The quantitative estimate of drug-likeness (QED) is 0.808. The Bertz CT molecular complexity index is 355. The molecule has 1 aromatic carbocycles. The molecule has 0 aromatic heterocycles. The summed E-state index contributed by atoms with van der Waals surface area (Å²) in [6, 6.07) is 7.78. The van der Waals surface area contributed by atoms with Gasteiger partial charge in [0.1, 0.15) is 0 Å². The number of nitrogens with one attached hydrogen (secondary N) is 1. The van der Waals surface area contributed by atoms with E-state index in [1.807, 2.05) is 12.1 Å². The predicted molar refractivity (Wildman–Crippen MR) is 64.3 cm³/mol. The third kappa shape index (κ3) is 2.66. The normalized spacial score (nSPS) is 15.1. The highest BCUT2D eigenvalue weighted by molar-refractivity contribution is 5.71. The van der Waals surface area contributed by atoms with E-state index in [1.54, 1.807) is 0 Å². The van der Waals surface area contributed by atoms with Crippen LogP contribution in [0.15, 0.2) is 24.3 Å². The van der Waals surface area contributed by atoms with Crippen LogP contribution >= 0.6 is 0 Å². The second-order valence-corrected chi connectivity index (χ2v) is 4.08. The van der Waals surface area contributed by atoms with Crippen molar-refractivity contribution in [2.24, 2.45) is 5.73 Å². The zero-order chi connectivity index (χ0) is 11.4. The van der Waals surface area contributed by atoms with Crippen LogP contribution in [0.1, 0.15) is 18.4 Å². The van der Waals surface area contributed by atoms with Crippen molar-refractivity contribution in [3.8, 4) is 0 Å². The molecule has 0 bridgehead atoms. The maximum Gasteiger partial charge on any atom is 0.312 e. The van der Waals surface area contributed by atoms with Gasteiger partial charge in [-0.05, 0) is 30.5 Å². The summed E-state index contributed by atoms with van der Waals surface area (Å²) in [5.41, 5.74) is 7.35. The minimum absolute atomic E-state index is 0.483. The van der Waals surface area contributed by atoms with Crippen LogP contribution in [0.3, 0.4) is 0 Å². The number of nitrogens with two attached hydrogens (primary N) is 1. The van der Waals surface area contributed by atoms with E-state index in [9.17, 15) is 4.79 Å². The number of amides is 2. The molecule has 1 aliphatic rings. The van der Waals surface area contributed by atoms with E-state index in [1.165, 1.54) is 18.5 Å². The molecule has 1 fully saturated rings. The molecule has 0 radical (unpaired) electrons. The Kier molecular flexibility index (Phi) is 3.29. The zero-order valence-corrected chi connectivity index (χ0v) is 9.28. The van der Waals surface area contributed by atoms with Crippen molar-refractivity contribution in [2.75, 3.05) is 18.0 Å². The zero-order valence-electron chi connectivity index (χ0n) is 9.28. The predicted octanol–water partition coefficient (Wildman–Crippen LogP) is 1.46. The number of benzene rings is 1. The summed E-state index contributed by atoms with van der Waals surface area (Å²) in [6.45, 7) is 2.80. The number of urea groups is 1. The topological polar surface area (TPSA) is 58.4 Å². The molecule has 0 saturated carbocycles. The number of anilines is 1. The van der Waals surface area contributed by atoms with Crippen molar-refractivity contribution in [1.82, 2.24) is 5.32 Å². The van der Waals surface area contributed by atoms with E-state index in [2.05, 4.69) is 22.3 Å². The van der Waals surface area contributed by atoms with Crippen LogP contribution in [0.5, 0.6) is 0 Å². The first kappa shape index (κ1) is 10.8. The van der Waals surface area contributed by atoms with Crippen molar-refractivity contribution in [1.29, 1.82) is 0 Å². The van der Waals surface area contributed by atoms with Crippen LogP contribution < -0.4 is 16.0 Å². The lowest BCUT2D eigenvalue weighted by molar-refractivity contribution is 0.248. The van der Waals surface area contributed by atoms with Gasteiger partial charge < -0.3 is 16.0 Å². The molecule has 0 aliphatic carbocycles. The Balaban J connectivity index is 1.95. The van der Waals surface area contributed by atoms with Gasteiger partial charge in [0.05, 0.1) is 0 Å². The molecule has 1 aliphatic heterocycles. The molecule has 16 heavy (non-hydrogen) atoms. The first-order valence-corrected chi connectivity index (χ1v) is 5.63. The molecule has 0 spiro atoms. The number of hydrogen-bond donors (Lipinski definition) is 2. The first-order valence-electron chi connectivity index (χ1n) is 5.63. The molecule has 3 N–H and O–H groups in total. The van der Waals surface area contributed by atoms with Crippen molar-refractivity contribution in [3.63, 3.8) is 0 Å². The number of nitrogens with zero attached hydrogens (tertiary/aromatic N) is 1. The van der Waals surface area contributed by atoms with Gasteiger partial charge in [0, 0.05) is 25.3 Å². The fraction of sp³-hybridized carbons (Fsp3) is 0.417. The van der Waals surface area contributed by atoms with Gasteiger partial charge in [-0.1, -0.05) is 12.1 Å². The monoisotopic (exact) mass is 219 g/mol. The highest BCUT2D eigenvalue weighted by Crippen LogP contribution is 2.20. The van der Waals surface area contributed by atoms with Crippen molar-refractivity contribution < 1.29 is 4.79 Å². The third-order valence-electron chi connectivity index (χ3n) is 2.87. The Morgan fingerprint density at radius 3 is 2.44 bits per heavy atom. The Hall–Kier alpha value is -1.71. The van der Waals surface area contributed by atoms with Gasteiger partial charge in [-0.15, -0.1) is 0 Å². The lowest BCUT2D eigenvalue weighted by Gasteiger charge is -2.17. The fourth-order valence-electron chi connectivity index (χ4n) is 1.99.